The van der Waals surface area contributed by atoms with Crippen LogP contribution in [0.5, 0.6) is 0 Å². The van der Waals surface area contributed by atoms with Gasteiger partial charge in [0.1, 0.15) is 0 Å². The summed E-state index contributed by atoms with van der Waals surface area (Å²) < 4.78 is 0. The standard InChI is InChI=1S/C17H19N3O2S/c1-12-11-23-17(18-12)19-16(22)14-9-15(21)20(10-14)8-7-13-5-3-2-4-6-13/h2-6,11,14H,7-10H2,1H3,(H,18,19,22)/t14-/m1/s1. The van der Waals surface area contributed by atoms with Crippen molar-refractivity contribution < 1.29 is 9.59 Å². The van der Waals surface area contributed by atoms with Gasteiger partial charge < -0.3 is 10.2 Å². The lowest BCUT2D eigenvalue weighted by Gasteiger charge is -2.16. The maximum Gasteiger partial charge on any atom is 0.231 e. The fourth-order valence-corrected chi connectivity index (χ4v) is 3.38. The van der Waals surface area contributed by atoms with Crippen molar-refractivity contribution >= 4 is 28.3 Å². The first-order chi connectivity index (χ1) is 11.1. The number of nitrogens with one attached hydrogen (secondary N) is 1. The first kappa shape index (κ1) is 15.7. The molecular formula is C17H19N3O2S. The van der Waals surface area contributed by atoms with Gasteiger partial charge in [0, 0.05) is 24.9 Å². The Balaban J connectivity index is 1.53. The fraction of sp³-hybridized carbons (Fsp3) is 0.353. The van der Waals surface area contributed by atoms with E-state index in [1.165, 1.54) is 16.9 Å². The molecule has 0 bridgehead atoms. The minimum absolute atomic E-state index is 0.0522. The topological polar surface area (TPSA) is 62.3 Å². The van der Waals surface area contributed by atoms with Crippen LogP contribution in [0.15, 0.2) is 35.7 Å². The smallest absolute Gasteiger partial charge is 0.231 e. The molecule has 1 fully saturated rings. The van der Waals surface area contributed by atoms with Gasteiger partial charge in [0.15, 0.2) is 5.13 Å². The van der Waals surface area contributed by atoms with Gasteiger partial charge in [-0.2, -0.15) is 0 Å². The van der Waals surface area contributed by atoms with Crippen LogP contribution in [-0.2, 0) is 16.0 Å². The number of carbonyl (C=O) groups excluding carboxylic acids is 2. The number of likely N-dealkylation sites (tertiary alicyclic amines) is 1. The highest BCUT2D eigenvalue weighted by Gasteiger charge is 2.34. The minimum atomic E-state index is -0.289. The lowest BCUT2D eigenvalue weighted by molar-refractivity contribution is -0.128. The summed E-state index contributed by atoms with van der Waals surface area (Å²) in [7, 11) is 0. The molecule has 2 heterocycles. The molecule has 3 rings (SSSR count). The van der Waals surface area contributed by atoms with Crippen molar-refractivity contribution in [2.45, 2.75) is 19.8 Å². The molecule has 1 N–H and O–H groups in total. The zero-order chi connectivity index (χ0) is 16.2. The van der Waals surface area contributed by atoms with Crippen LogP contribution in [0.3, 0.4) is 0 Å². The number of thiazole rings is 1. The third kappa shape index (κ3) is 3.96. The summed E-state index contributed by atoms with van der Waals surface area (Å²) in [5, 5.41) is 5.30. The first-order valence-electron chi connectivity index (χ1n) is 7.66. The average Bonchev–Trinajstić information content (AvgIpc) is 3.12. The highest BCUT2D eigenvalue weighted by molar-refractivity contribution is 7.13. The van der Waals surface area contributed by atoms with E-state index in [9.17, 15) is 9.59 Å². The van der Waals surface area contributed by atoms with Gasteiger partial charge in [-0.1, -0.05) is 30.3 Å². The number of aryl methyl sites for hydroxylation is 1. The van der Waals surface area contributed by atoms with Crippen molar-refractivity contribution in [1.29, 1.82) is 0 Å². The molecule has 0 spiro atoms. The van der Waals surface area contributed by atoms with Crippen molar-refractivity contribution in [3.05, 3.63) is 47.0 Å². The van der Waals surface area contributed by atoms with Crippen LogP contribution in [0, 0.1) is 12.8 Å². The Bertz CT molecular complexity index is 699. The summed E-state index contributed by atoms with van der Waals surface area (Å²) in [5.74, 6) is -0.353. The Labute approximate surface area is 139 Å². The Morgan fingerprint density at radius 3 is 2.87 bits per heavy atom. The van der Waals surface area contributed by atoms with E-state index in [2.05, 4.69) is 22.4 Å². The van der Waals surface area contributed by atoms with Gasteiger partial charge in [0.05, 0.1) is 11.6 Å². The SMILES string of the molecule is Cc1csc(NC(=O)[C@@H]2CC(=O)N(CCc3ccccc3)C2)n1. The summed E-state index contributed by atoms with van der Waals surface area (Å²) >= 11 is 1.40. The maximum absolute atomic E-state index is 12.3. The fourth-order valence-electron chi connectivity index (χ4n) is 2.69. The van der Waals surface area contributed by atoms with E-state index in [4.69, 9.17) is 0 Å². The summed E-state index contributed by atoms with van der Waals surface area (Å²) in [4.78, 5) is 30.4. The van der Waals surface area contributed by atoms with E-state index in [0.717, 1.165) is 12.1 Å². The molecule has 1 atom stereocenters. The summed E-state index contributed by atoms with van der Waals surface area (Å²) in [5.41, 5.74) is 2.09. The molecule has 1 aromatic heterocycles. The van der Waals surface area contributed by atoms with Gasteiger partial charge in [0.2, 0.25) is 11.8 Å². The van der Waals surface area contributed by atoms with E-state index in [1.54, 1.807) is 4.90 Å². The molecule has 0 aliphatic carbocycles. The molecule has 2 amide bonds. The molecule has 23 heavy (non-hydrogen) atoms. The highest BCUT2D eigenvalue weighted by Crippen LogP contribution is 2.21. The molecule has 0 radical (unpaired) electrons. The van der Waals surface area contributed by atoms with E-state index < -0.39 is 0 Å². The number of hydrogen-bond donors (Lipinski definition) is 1. The molecule has 0 saturated carbocycles. The second-order valence-electron chi connectivity index (χ2n) is 5.76. The third-order valence-corrected chi connectivity index (χ3v) is 4.82. The van der Waals surface area contributed by atoms with Crippen molar-refractivity contribution in [3.8, 4) is 0 Å². The predicted molar refractivity (Wildman–Crippen MR) is 90.3 cm³/mol. The van der Waals surface area contributed by atoms with Crippen LogP contribution < -0.4 is 5.32 Å². The van der Waals surface area contributed by atoms with Gasteiger partial charge in [-0.3, -0.25) is 9.59 Å². The molecule has 120 valence electrons. The van der Waals surface area contributed by atoms with Crippen LogP contribution in [0.4, 0.5) is 5.13 Å². The third-order valence-electron chi connectivity index (χ3n) is 3.95. The predicted octanol–water partition coefficient (Wildman–Crippen LogP) is 2.48. The highest BCUT2D eigenvalue weighted by atomic mass is 32.1. The molecule has 1 saturated heterocycles. The Morgan fingerprint density at radius 2 is 2.17 bits per heavy atom. The van der Waals surface area contributed by atoms with Gasteiger partial charge in [0.25, 0.3) is 0 Å². The molecule has 5 nitrogen and oxygen atoms in total. The number of nitrogens with zero attached hydrogens (tertiary/aromatic N) is 2. The van der Waals surface area contributed by atoms with Crippen LogP contribution in [-0.4, -0.2) is 34.8 Å². The van der Waals surface area contributed by atoms with Gasteiger partial charge in [-0.25, -0.2) is 4.98 Å². The molecular weight excluding hydrogens is 310 g/mol. The number of benzene rings is 1. The quantitative estimate of drug-likeness (QED) is 0.917. The zero-order valence-corrected chi connectivity index (χ0v) is 13.8. The van der Waals surface area contributed by atoms with Crippen molar-refractivity contribution in [1.82, 2.24) is 9.88 Å². The van der Waals surface area contributed by atoms with Crippen LogP contribution in [0.25, 0.3) is 0 Å². The van der Waals surface area contributed by atoms with Gasteiger partial charge >= 0.3 is 0 Å². The lowest BCUT2D eigenvalue weighted by atomic mass is 10.1. The molecule has 2 aromatic rings. The normalized spacial score (nSPS) is 17.5. The largest absolute Gasteiger partial charge is 0.342 e. The van der Waals surface area contributed by atoms with Gasteiger partial charge in [-0.05, 0) is 18.9 Å². The van der Waals surface area contributed by atoms with E-state index in [1.807, 2.05) is 30.5 Å². The molecule has 0 unspecified atom stereocenters. The van der Waals surface area contributed by atoms with E-state index in [-0.39, 0.29) is 24.2 Å². The number of anilines is 1. The second kappa shape index (κ2) is 6.91. The Morgan fingerprint density at radius 1 is 1.39 bits per heavy atom. The van der Waals surface area contributed by atoms with Crippen LogP contribution >= 0.6 is 11.3 Å². The summed E-state index contributed by atoms with van der Waals surface area (Å²) in [6, 6.07) is 10.1. The monoisotopic (exact) mass is 329 g/mol. The Hall–Kier alpha value is -2.21. The molecule has 6 heteroatoms. The number of hydrogen-bond acceptors (Lipinski definition) is 4. The number of carbonyl (C=O) groups is 2. The second-order valence-corrected chi connectivity index (χ2v) is 6.62. The average molecular weight is 329 g/mol. The maximum atomic E-state index is 12.3. The summed E-state index contributed by atoms with van der Waals surface area (Å²) in [6.45, 7) is 3.03. The molecule has 1 aromatic carbocycles. The summed E-state index contributed by atoms with van der Waals surface area (Å²) in [6.07, 6.45) is 1.09. The van der Waals surface area contributed by atoms with Crippen LogP contribution in [0.1, 0.15) is 17.7 Å². The number of amides is 2. The Kier molecular flexibility index (Phi) is 4.71. The van der Waals surface area contributed by atoms with Gasteiger partial charge in [-0.15, -0.1) is 11.3 Å². The first-order valence-corrected chi connectivity index (χ1v) is 8.54. The number of rotatable bonds is 5. The number of aromatic nitrogens is 1. The molecule has 1 aliphatic rings. The van der Waals surface area contributed by atoms with Crippen molar-refractivity contribution in [3.63, 3.8) is 0 Å². The minimum Gasteiger partial charge on any atom is -0.342 e. The lowest BCUT2D eigenvalue weighted by Crippen LogP contribution is -2.30. The van der Waals surface area contributed by atoms with Crippen molar-refractivity contribution in [2.75, 3.05) is 18.4 Å². The van der Waals surface area contributed by atoms with E-state index in [0.29, 0.717) is 18.2 Å². The van der Waals surface area contributed by atoms with E-state index >= 15 is 0 Å². The van der Waals surface area contributed by atoms with Crippen molar-refractivity contribution in [2.24, 2.45) is 5.92 Å². The zero-order valence-electron chi connectivity index (χ0n) is 13.0. The molecule has 1 aliphatic heterocycles. The van der Waals surface area contributed by atoms with Crippen LogP contribution in [0.2, 0.25) is 0 Å².